The summed E-state index contributed by atoms with van der Waals surface area (Å²) in [5.74, 6) is 1.97. The number of rotatable bonds is 8. The first-order valence-corrected chi connectivity index (χ1v) is 10.1. The van der Waals surface area contributed by atoms with Crippen molar-refractivity contribution >= 4 is 40.0 Å². The fraction of sp³-hybridized carbons (Fsp3) is 0.174. The zero-order valence-electron chi connectivity index (χ0n) is 17.2. The quantitative estimate of drug-likeness (QED) is 0.394. The van der Waals surface area contributed by atoms with Crippen LogP contribution in [-0.2, 0) is 17.9 Å². The standard InChI is InChI=1S/C23H22ClN5O2/c1-30-14-16-11-17(7-8-21(16)31-2)28-22-18-13-27-23(29-20(18)9-10-25-22)26-12-15-5-3-4-6-19(15)24/h3-11,13H,12,14H2,1-2H3,(H,25,28)(H,26,27,29). The van der Waals surface area contributed by atoms with E-state index >= 15 is 0 Å². The van der Waals surface area contributed by atoms with Gasteiger partial charge in [-0.2, -0.15) is 0 Å². The average Bonchev–Trinajstić information content (AvgIpc) is 2.79. The van der Waals surface area contributed by atoms with Gasteiger partial charge >= 0.3 is 0 Å². The molecule has 2 aromatic carbocycles. The Hall–Kier alpha value is -3.42. The van der Waals surface area contributed by atoms with Crippen molar-refractivity contribution < 1.29 is 9.47 Å². The first-order chi connectivity index (χ1) is 15.2. The molecule has 7 nitrogen and oxygen atoms in total. The van der Waals surface area contributed by atoms with Crippen molar-refractivity contribution in [1.82, 2.24) is 15.0 Å². The number of benzene rings is 2. The Bertz CT molecular complexity index is 1200. The summed E-state index contributed by atoms with van der Waals surface area (Å²) in [4.78, 5) is 13.5. The molecule has 2 heterocycles. The molecule has 2 aromatic heterocycles. The van der Waals surface area contributed by atoms with E-state index < -0.39 is 0 Å². The number of anilines is 3. The van der Waals surface area contributed by atoms with E-state index in [0.29, 0.717) is 29.9 Å². The van der Waals surface area contributed by atoms with Crippen LogP contribution < -0.4 is 15.4 Å². The topological polar surface area (TPSA) is 81.2 Å². The SMILES string of the molecule is COCc1cc(Nc2nccc3nc(NCc4ccccc4Cl)ncc23)ccc1OC. The van der Waals surface area contributed by atoms with Crippen molar-refractivity contribution in [2.24, 2.45) is 0 Å². The Balaban J connectivity index is 1.56. The monoisotopic (exact) mass is 435 g/mol. The lowest BCUT2D eigenvalue weighted by Crippen LogP contribution is -2.05. The van der Waals surface area contributed by atoms with Crippen molar-refractivity contribution in [1.29, 1.82) is 0 Å². The minimum Gasteiger partial charge on any atom is -0.496 e. The fourth-order valence-corrected chi connectivity index (χ4v) is 3.42. The molecule has 0 unspecified atom stereocenters. The van der Waals surface area contributed by atoms with E-state index in [9.17, 15) is 0 Å². The van der Waals surface area contributed by atoms with Crippen LogP contribution in [0.15, 0.2) is 60.9 Å². The number of pyridine rings is 1. The Labute approximate surface area is 185 Å². The highest BCUT2D eigenvalue weighted by molar-refractivity contribution is 6.31. The number of methoxy groups -OCH3 is 2. The normalized spacial score (nSPS) is 10.8. The van der Waals surface area contributed by atoms with E-state index in [1.54, 1.807) is 26.6 Å². The van der Waals surface area contributed by atoms with Crippen LogP contribution in [0.25, 0.3) is 10.9 Å². The highest BCUT2D eigenvalue weighted by atomic mass is 35.5. The molecule has 0 radical (unpaired) electrons. The molecule has 0 spiro atoms. The molecule has 0 saturated heterocycles. The van der Waals surface area contributed by atoms with Crippen molar-refractivity contribution in [2.75, 3.05) is 24.9 Å². The maximum atomic E-state index is 6.22. The van der Waals surface area contributed by atoms with Gasteiger partial charge in [0.15, 0.2) is 0 Å². The van der Waals surface area contributed by atoms with Gasteiger partial charge in [-0.3, -0.25) is 0 Å². The van der Waals surface area contributed by atoms with Gasteiger partial charge in [0.1, 0.15) is 11.6 Å². The minimum absolute atomic E-state index is 0.450. The van der Waals surface area contributed by atoms with E-state index in [4.69, 9.17) is 21.1 Å². The van der Waals surface area contributed by atoms with Crippen LogP contribution in [0.2, 0.25) is 5.02 Å². The molecule has 8 heteroatoms. The Morgan fingerprint density at radius 3 is 2.68 bits per heavy atom. The van der Waals surface area contributed by atoms with Gasteiger partial charge in [-0.05, 0) is 35.9 Å². The lowest BCUT2D eigenvalue weighted by atomic mass is 10.2. The summed E-state index contributed by atoms with van der Waals surface area (Å²) in [7, 11) is 3.29. The molecule has 0 bridgehead atoms. The third kappa shape index (κ3) is 4.84. The summed E-state index contributed by atoms with van der Waals surface area (Å²) in [5.41, 5.74) is 3.57. The molecule has 0 aliphatic rings. The molecule has 4 rings (SSSR count). The van der Waals surface area contributed by atoms with E-state index in [-0.39, 0.29) is 0 Å². The second-order valence-corrected chi connectivity index (χ2v) is 7.22. The van der Waals surface area contributed by atoms with E-state index in [1.807, 2.05) is 48.5 Å². The Morgan fingerprint density at radius 1 is 1.00 bits per heavy atom. The molecular weight excluding hydrogens is 414 g/mol. The molecular formula is C23H22ClN5O2. The predicted molar refractivity (Wildman–Crippen MR) is 123 cm³/mol. The summed E-state index contributed by atoms with van der Waals surface area (Å²) in [5, 5.41) is 8.09. The average molecular weight is 436 g/mol. The third-order valence-corrected chi connectivity index (χ3v) is 5.12. The third-order valence-electron chi connectivity index (χ3n) is 4.75. The second-order valence-electron chi connectivity index (χ2n) is 6.82. The molecule has 0 fully saturated rings. The van der Waals surface area contributed by atoms with Crippen molar-refractivity contribution in [2.45, 2.75) is 13.2 Å². The molecule has 0 atom stereocenters. The van der Waals surface area contributed by atoms with Crippen LogP contribution in [0.5, 0.6) is 5.75 Å². The van der Waals surface area contributed by atoms with Gasteiger partial charge in [-0.1, -0.05) is 29.8 Å². The van der Waals surface area contributed by atoms with Gasteiger partial charge in [-0.25, -0.2) is 15.0 Å². The van der Waals surface area contributed by atoms with Crippen molar-refractivity contribution in [3.05, 3.63) is 77.1 Å². The number of halogens is 1. The molecule has 0 amide bonds. The van der Waals surface area contributed by atoms with Crippen LogP contribution in [0.3, 0.4) is 0 Å². The first kappa shape index (κ1) is 20.8. The summed E-state index contributed by atoms with van der Waals surface area (Å²) in [6.07, 6.45) is 3.47. The van der Waals surface area contributed by atoms with Crippen molar-refractivity contribution in [3.8, 4) is 5.75 Å². The maximum Gasteiger partial charge on any atom is 0.223 e. The number of fused-ring (bicyclic) bond motifs is 1. The lowest BCUT2D eigenvalue weighted by Gasteiger charge is -2.13. The summed E-state index contributed by atoms with van der Waals surface area (Å²) in [6, 6.07) is 15.3. The van der Waals surface area contributed by atoms with Crippen LogP contribution >= 0.6 is 11.6 Å². The number of nitrogens with one attached hydrogen (secondary N) is 2. The molecule has 4 aromatic rings. The van der Waals surface area contributed by atoms with Gasteiger partial charge < -0.3 is 20.1 Å². The minimum atomic E-state index is 0.450. The number of aromatic nitrogens is 3. The van der Waals surface area contributed by atoms with E-state index in [2.05, 4.69) is 25.6 Å². The highest BCUT2D eigenvalue weighted by Gasteiger charge is 2.09. The van der Waals surface area contributed by atoms with Gasteiger partial charge in [0.2, 0.25) is 5.95 Å². The number of nitrogens with zero attached hydrogens (tertiary/aromatic N) is 3. The second kappa shape index (κ2) is 9.59. The predicted octanol–water partition coefficient (Wildman–Crippen LogP) is 5.19. The molecule has 31 heavy (non-hydrogen) atoms. The van der Waals surface area contributed by atoms with Crippen LogP contribution in [-0.4, -0.2) is 29.2 Å². The first-order valence-electron chi connectivity index (χ1n) is 9.70. The number of hydrogen-bond acceptors (Lipinski definition) is 7. The van der Waals surface area contributed by atoms with Gasteiger partial charge in [0, 0.05) is 42.3 Å². The molecule has 0 aliphatic carbocycles. The lowest BCUT2D eigenvalue weighted by molar-refractivity contribution is 0.181. The van der Waals surface area contributed by atoms with E-state index in [0.717, 1.165) is 33.5 Å². The van der Waals surface area contributed by atoms with E-state index in [1.165, 1.54) is 0 Å². The smallest absolute Gasteiger partial charge is 0.223 e. The number of ether oxygens (including phenoxy) is 2. The summed E-state index contributed by atoms with van der Waals surface area (Å²) < 4.78 is 10.7. The summed E-state index contributed by atoms with van der Waals surface area (Å²) >= 11 is 6.22. The molecule has 158 valence electrons. The van der Waals surface area contributed by atoms with Gasteiger partial charge in [0.05, 0.1) is 24.6 Å². The molecule has 2 N–H and O–H groups in total. The summed E-state index contributed by atoms with van der Waals surface area (Å²) in [6.45, 7) is 0.987. The Morgan fingerprint density at radius 2 is 1.87 bits per heavy atom. The van der Waals surface area contributed by atoms with Crippen LogP contribution in [0, 0.1) is 0 Å². The van der Waals surface area contributed by atoms with Crippen molar-refractivity contribution in [3.63, 3.8) is 0 Å². The fourth-order valence-electron chi connectivity index (χ4n) is 3.22. The van der Waals surface area contributed by atoms with Gasteiger partial charge in [-0.15, -0.1) is 0 Å². The maximum absolute atomic E-state index is 6.22. The molecule has 0 saturated carbocycles. The van der Waals surface area contributed by atoms with Crippen LogP contribution in [0.1, 0.15) is 11.1 Å². The number of hydrogen-bond donors (Lipinski definition) is 2. The Kier molecular flexibility index (Phi) is 6.45. The molecule has 0 aliphatic heterocycles. The van der Waals surface area contributed by atoms with Gasteiger partial charge in [0.25, 0.3) is 0 Å². The van der Waals surface area contributed by atoms with Crippen LogP contribution in [0.4, 0.5) is 17.5 Å². The zero-order chi connectivity index (χ0) is 21.6. The highest BCUT2D eigenvalue weighted by Crippen LogP contribution is 2.28. The largest absolute Gasteiger partial charge is 0.496 e. The zero-order valence-corrected chi connectivity index (χ0v) is 18.0.